The van der Waals surface area contributed by atoms with E-state index in [-0.39, 0.29) is 5.82 Å². The van der Waals surface area contributed by atoms with Crippen molar-refractivity contribution in [1.29, 1.82) is 0 Å². The van der Waals surface area contributed by atoms with Crippen LogP contribution in [0, 0.1) is 5.82 Å². The van der Waals surface area contributed by atoms with Crippen molar-refractivity contribution in [3.63, 3.8) is 0 Å². The average Bonchev–Trinajstić information content (AvgIpc) is 2.38. The fourth-order valence-corrected chi connectivity index (χ4v) is 2.15. The molecule has 0 atom stereocenters. The van der Waals surface area contributed by atoms with Crippen LogP contribution in [0.2, 0.25) is 0 Å². The van der Waals surface area contributed by atoms with Crippen LogP contribution < -0.4 is 10.6 Å². The molecular formula is C13H20FN3. The SMILES string of the molecule is CCc1ncc(CNC2CCNCC2)cc1F. The molecule has 2 rings (SSSR count). The lowest BCUT2D eigenvalue weighted by atomic mass is 10.1. The van der Waals surface area contributed by atoms with Crippen LogP contribution in [0.1, 0.15) is 31.0 Å². The van der Waals surface area contributed by atoms with E-state index in [9.17, 15) is 4.39 Å². The molecule has 3 nitrogen and oxygen atoms in total. The molecule has 2 heterocycles. The van der Waals surface area contributed by atoms with E-state index in [0.29, 0.717) is 24.7 Å². The Balaban J connectivity index is 1.87. The first-order chi connectivity index (χ1) is 8.29. The fraction of sp³-hybridized carbons (Fsp3) is 0.615. The molecule has 1 aliphatic heterocycles. The van der Waals surface area contributed by atoms with Crippen molar-refractivity contribution in [2.45, 2.75) is 38.8 Å². The number of rotatable bonds is 4. The molecule has 0 aliphatic carbocycles. The molecule has 94 valence electrons. The van der Waals surface area contributed by atoms with Crippen LogP contribution in [0.25, 0.3) is 0 Å². The van der Waals surface area contributed by atoms with Gasteiger partial charge in [0, 0.05) is 18.8 Å². The Morgan fingerprint density at radius 2 is 2.24 bits per heavy atom. The number of aromatic nitrogens is 1. The van der Waals surface area contributed by atoms with Crippen LogP contribution >= 0.6 is 0 Å². The van der Waals surface area contributed by atoms with Crippen LogP contribution in [0.15, 0.2) is 12.3 Å². The molecule has 1 fully saturated rings. The highest BCUT2D eigenvalue weighted by atomic mass is 19.1. The number of hydrogen-bond acceptors (Lipinski definition) is 3. The van der Waals surface area contributed by atoms with Gasteiger partial charge in [-0.3, -0.25) is 4.98 Å². The predicted octanol–water partition coefficient (Wildman–Crippen LogP) is 1.62. The number of piperidine rings is 1. The van der Waals surface area contributed by atoms with Gasteiger partial charge in [-0.2, -0.15) is 0 Å². The molecule has 17 heavy (non-hydrogen) atoms. The summed E-state index contributed by atoms with van der Waals surface area (Å²) < 4.78 is 13.5. The van der Waals surface area contributed by atoms with E-state index < -0.39 is 0 Å². The zero-order chi connectivity index (χ0) is 12.1. The Bertz CT molecular complexity index is 362. The number of aryl methyl sites for hydroxylation is 1. The van der Waals surface area contributed by atoms with E-state index in [1.165, 1.54) is 0 Å². The van der Waals surface area contributed by atoms with E-state index in [1.807, 2.05) is 6.92 Å². The van der Waals surface area contributed by atoms with E-state index in [0.717, 1.165) is 31.5 Å². The quantitative estimate of drug-likeness (QED) is 0.835. The van der Waals surface area contributed by atoms with E-state index >= 15 is 0 Å². The Morgan fingerprint density at radius 3 is 2.88 bits per heavy atom. The fourth-order valence-electron chi connectivity index (χ4n) is 2.15. The normalized spacial score (nSPS) is 17.3. The van der Waals surface area contributed by atoms with Crippen molar-refractivity contribution in [3.8, 4) is 0 Å². The van der Waals surface area contributed by atoms with Gasteiger partial charge < -0.3 is 10.6 Å². The van der Waals surface area contributed by atoms with Crippen molar-refractivity contribution in [1.82, 2.24) is 15.6 Å². The Morgan fingerprint density at radius 1 is 1.47 bits per heavy atom. The molecule has 1 aromatic rings. The van der Waals surface area contributed by atoms with Crippen molar-refractivity contribution in [3.05, 3.63) is 29.3 Å². The third kappa shape index (κ3) is 3.48. The topological polar surface area (TPSA) is 37.0 Å². The minimum absolute atomic E-state index is 0.183. The second-order valence-corrected chi connectivity index (χ2v) is 4.53. The standard InChI is InChI=1S/C13H20FN3/c1-2-13-12(14)7-10(9-17-13)8-16-11-3-5-15-6-4-11/h7,9,11,15-16H,2-6,8H2,1H3. The summed E-state index contributed by atoms with van der Waals surface area (Å²) in [6.45, 7) is 4.76. The summed E-state index contributed by atoms with van der Waals surface area (Å²) in [5.41, 5.74) is 1.48. The summed E-state index contributed by atoms with van der Waals surface area (Å²) in [7, 11) is 0. The maximum Gasteiger partial charge on any atom is 0.144 e. The van der Waals surface area contributed by atoms with Gasteiger partial charge >= 0.3 is 0 Å². The van der Waals surface area contributed by atoms with Gasteiger partial charge in [0.25, 0.3) is 0 Å². The van der Waals surface area contributed by atoms with Gasteiger partial charge in [0.05, 0.1) is 5.69 Å². The van der Waals surface area contributed by atoms with Crippen molar-refractivity contribution in [2.75, 3.05) is 13.1 Å². The molecule has 1 aromatic heterocycles. The Labute approximate surface area is 102 Å². The predicted molar refractivity (Wildman–Crippen MR) is 66.3 cm³/mol. The summed E-state index contributed by atoms with van der Waals surface area (Å²) in [5.74, 6) is -0.183. The molecule has 0 spiro atoms. The first kappa shape index (κ1) is 12.5. The first-order valence-electron chi connectivity index (χ1n) is 6.37. The van der Waals surface area contributed by atoms with Gasteiger partial charge in [0.15, 0.2) is 0 Å². The van der Waals surface area contributed by atoms with Crippen molar-refractivity contribution in [2.24, 2.45) is 0 Å². The minimum Gasteiger partial charge on any atom is -0.317 e. The lowest BCUT2D eigenvalue weighted by Gasteiger charge is -2.23. The van der Waals surface area contributed by atoms with E-state index in [1.54, 1.807) is 12.3 Å². The summed E-state index contributed by atoms with van der Waals surface area (Å²) in [6, 6.07) is 2.14. The molecule has 0 radical (unpaired) electrons. The van der Waals surface area contributed by atoms with Gasteiger partial charge in [-0.1, -0.05) is 6.92 Å². The van der Waals surface area contributed by atoms with Crippen LogP contribution in [-0.2, 0) is 13.0 Å². The van der Waals surface area contributed by atoms with Crippen molar-refractivity contribution < 1.29 is 4.39 Å². The zero-order valence-corrected chi connectivity index (χ0v) is 10.3. The number of halogens is 1. The van der Waals surface area contributed by atoms with Gasteiger partial charge in [-0.05, 0) is 44.0 Å². The van der Waals surface area contributed by atoms with E-state index in [4.69, 9.17) is 0 Å². The maximum atomic E-state index is 13.5. The second kappa shape index (κ2) is 6.07. The monoisotopic (exact) mass is 237 g/mol. The van der Waals surface area contributed by atoms with Gasteiger partial charge in [-0.25, -0.2) is 4.39 Å². The zero-order valence-electron chi connectivity index (χ0n) is 10.3. The average molecular weight is 237 g/mol. The van der Waals surface area contributed by atoms with Gasteiger partial charge in [0.1, 0.15) is 5.82 Å². The van der Waals surface area contributed by atoms with Crippen LogP contribution in [0.3, 0.4) is 0 Å². The molecule has 4 heteroatoms. The van der Waals surface area contributed by atoms with Gasteiger partial charge in [-0.15, -0.1) is 0 Å². The van der Waals surface area contributed by atoms with Crippen LogP contribution in [0.4, 0.5) is 4.39 Å². The smallest absolute Gasteiger partial charge is 0.144 e. The van der Waals surface area contributed by atoms with Crippen molar-refractivity contribution >= 4 is 0 Å². The third-order valence-electron chi connectivity index (χ3n) is 3.24. The van der Waals surface area contributed by atoms with Gasteiger partial charge in [0.2, 0.25) is 0 Å². The molecule has 2 N–H and O–H groups in total. The largest absolute Gasteiger partial charge is 0.317 e. The second-order valence-electron chi connectivity index (χ2n) is 4.53. The number of nitrogens with zero attached hydrogens (tertiary/aromatic N) is 1. The highest BCUT2D eigenvalue weighted by Gasteiger charge is 2.12. The molecule has 0 aromatic carbocycles. The molecule has 0 amide bonds. The van der Waals surface area contributed by atoms with Crippen LogP contribution in [-0.4, -0.2) is 24.1 Å². The number of pyridine rings is 1. The number of hydrogen-bond donors (Lipinski definition) is 2. The van der Waals surface area contributed by atoms with E-state index in [2.05, 4.69) is 15.6 Å². The third-order valence-corrected chi connectivity index (χ3v) is 3.24. The first-order valence-corrected chi connectivity index (χ1v) is 6.37. The van der Waals surface area contributed by atoms with Crippen LogP contribution in [0.5, 0.6) is 0 Å². The lowest BCUT2D eigenvalue weighted by Crippen LogP contribution is -2.39. The lowest BCUT2D eigenvalue weighted by molar-refractivity contribution is 0.386. The Kier molecular flexibility index (Phi) is 4.45. The molecular weight excluding hydrogens is 217 g/mol. The minimum atomic E-state index is -0.183. The highest BCUT2D eigenvalue weighted by Crippen LogP contribution is 2.09. The Hall–Kier alpha value is -1.00. The molecule has 1 saturated heterocycles. The number of nitrogens with one attached hydrogen (secondary N) is 2. The summed E-state index contributed by atoms with van der Waals surface area (Å²) >= 11 is 0. The molecule has 0 unspecified atom stereocenters. The summed E-state index contributed by atoms with van der Waals surface area (Å²) in [4.78, 5) is 4.13. The maximum absolute atomic E-state index is 13.5. The summed E-state index contributed by atoms with van der Waals surface area (Å²) in [5, 5.41) is 6.78. The molecule has 0 saturated carbocycles. The summed E-state index contributed by atoms with van der Waals surface area (Å²) in [6.07, 6.45) is 4.70. The molecule has 0 bridgehead atoms. The highest BCUT2D eigenvalue weighted by molar-refractivity contribution is 5.16. The molecule has 1 aliphatic rings.